The van der Waals surface area contributed by atoms with Gasteiger partial charge in [0.1, 0.15) is 5.75 Å². The topological polar surface area (TPSA) is 93.7 Å². The molecule has 2 aromatic rings. The lowest BCUT2D eigenvalue weighted by Crippen LogP contribution is -2.13. The maximum absolute atomic E-state index is 12.4. The number of carbonyl (C=O) groups excluding carboxylic acids is 3. The van der Waals surface area contributed by atoms with Gasteiger partial charge in [0, 0.05) is 23.0 Å². The standard InChI is InChI=1S/C24H26N2O5/c1-2-30-24(29)31-21-14-8-18(9-15-21)23(28)26-20-12-10-19(11-13-20)25-22(27)16-17-6-4-3-5-7-17/h8-16H,2-7H2,1H3,(H,25,27)(H,26,28). The highest BCUT2D eigenvalue weighted by molar-refractivity contribution is 6.04. The highest BCUT2D eigenvalue weighted by atomic mass is 16.7. The van der Waals surface area contributed by atoms with Crippen LogP contribution in [0.3, 0.4) is 0 Å². The summed E-state index contributed by atoms with van der Waals surface area (Å²) in [5, 5.41) is 5.64. The van der Waals surface area contributed by atoms with Gasteiger partial charge in [-0.1, -0.05) is 12.0 Å². The number of rotatable bonds is 6. The molecule has 0 radical (unpaired) electrons. The maximum atomic E-state index is 12.4. The largest absolute Gasteiger partial charge is 0.513 e. The van der Waals surface area contributed by atoms with E-state index in [4.69, 9.17) is 9.47 Å². The number of carbonyl (C=O) groups is 3. The molecule has 0 atom stereocenters. The van der Waals surface area contributed by atoms with Crippen molar-refractivity contribution >= 4 is 29.3 Å². The van der Waals surface area contributed by atoms with Gasteiger partial charge >= 0.3 is 6.16 Å². The summed E-state index contributed by atoms with van der Waals surface area (Å²) < 4.78 is 9.67. The van der Waals surface area contributed by atoms with Crippen molar-refractivity contribution in [2.45, 2.75) is 39.0 Å². The Balaban J connectivity index is 1.52. The Morgan fingerprint density at radius 2 is 1.48 bits per heavy atom. The molecule has 1 saturated carbocycles. The Morgan fingerprint density at radius 1 is 0.871 bits per heavy atom. The molecule has 0 spiro atoms. The van der Waals surface area contributed by atoms with Crippen LogP contribution in [0.1, 0.15) is 49.4 Å². The number of hydrogen-bond acceptors (Lipinski definition) is 5. The Morgan fingerprint density at radius 3 is 2.10 bits per heavy atom. The molecule has 2 N–H and O–H groups in total. The van der Waals surface area contributed by atoms with E-state index in [2.05, 4.69) is 10.6 Å². The lowest BCUT2D eigenvalue weighted by molar-refractivity contribution is -0.112. The van der Waals surface area contributed by atoms with Gasteiger partial charge in [0.15, 0.2) is 0 Å². The smallest absolute Gasteiger partial charge is 0.434 e. The molecule has 3 rings (SSSR count). The van der Waals surface area contributed by atoms with Gasteiger partial charge in [0.2, 0.25) is 5.91 Å². The molecule has 0 heterocycles. The second kappa shape index (κ2) is 11.0. The number of amides is 2. The first kappa shape index (κ1) is 22.1. The molecule has 2 aromatic carbocycles. The molecular formula is C24H26N2O5. The lowest BCUT2D eigenvalue weighted by Gasteiger charge is -2.13. The van der Waals surface area contributed by atoms with Crippen molar-refractivity contribution in [3.63, 3.8) is 0 Å². The summed E-state index contributed by atoms with van der Waals surface area (Å²) in [5.74, 6) is -0.140. The van der Waals surface area contributed by atoms with Crippen LogP contribution in [-0.2, 0) is 9.53 Å². The van der Waals surface area contributed by atoms with Gasteiger partial charge in [0.25, 0.3) is 5.91 Å². The minimum Gasteiger partial charge on any atom is -0.434 e. The zero-order valence-corrected chi connectivity index (χ0v) is 17.5. The molecule has 7 nitrogen and oxygen atoms in total. The van der Waals surface area contributed by atoms with Crippen molar-refractivity contribution in [1.82, 2.24) is 0 Å². The van der Waals surface area contributed by atoms with Crippen molar-refractivity contribution in [1.29, 1.82) is 0 Å². The number of ether oxygens (including phenoxy) is 2. The van der Waals surface area contributed by atoms with Crippen molar-refractivity contribution in [3.8, 4) is 5.75 Å². The van der Waals surface area contributed by atoms with Crippen LogP contribution in [0.2, 0.25) is 0 Å². The first-order valence-corrected chi connectivity index (χ1v) is 10.4. The fraction of sp³-hybridized carbons (Fsp3) is 0.292. The van der Waals surface area contributed by atoms with E-state index in [9.17, 15) is 14.4 Å². The van der Waals surface area contributed by atoms with Crippen LogP contribution in [0.4, 0.5) is 16.2 Å². The molecule has 1 aliphatic carbocycles. The number of allylic oxidation sites excluding steroid dienone is 1. The Labute approximate surface area is 181 Å². The third kappa shape index (κ3) is 6.99. The maximum Gasteiger partial charge on any atom is 0.513 e. The van der Waals surface area contributed by atoms with Crippen molar-refractivity contribution in [3.05, 3.63) is 65.7 Å². The molecule has 2 amide bonds. The fourth-order valence-electron chi connectivity index (χ4n) is 3.27. The quantitative estimate of drug-likeness (QED) is 0.374. The van der Waals surface area contributed by atoms with E-state index in [-0.39, 0.29) is 18.4 Å². The highest BCUT2D eigenvalue weighted by Crippen LogP contribution is 2.23. The van der Waals surface area contributed by atoms with E-state index in [0.717, 1.165) is 25.7 Å². The molecule has 1 fully saturated rings. The summed E-state index contributed by atoms with van der Waals surface area (Å²) in [6.45, 7) is 1.91. The van der Waals surface area contributed by atoms with Gasteiger partial charge in [-0.15, -0.1) is 0 Å². The van der Waals surface area contributed by atoms with Gasteiger partial charge < -0.3 is 20.1 Å². The third-order valence-corrected chi connectivity index (χ3v) is 4.82. The molecule has 0 unspecified atom stereocenters. The van der Waals surface area contributed by atoms with Gasteiger partial charge in [-0.2, -0.15) is 0 Å². The number of nitrogens with one attached hydrogen (secondary N) is 2. The average Bonchev–Trinajstić information content (AvgIpc) is 2.76. The zero-order chi connectivity index (χ0) is 22.1. The summed E-state index contributed by atoms with van der Waals surface area (Å²) in [5.41, 5.74) is 2.87. The SMILES string of the molecule is CCOC(=O)Oc1ccc(C(=O)Nc2ccc(NC(=O)C=C3CCCCC3)cc2)cc1. The second-order valence-electron chi connectivity index (χ2n) is 7.19. The van der Waals surface area contributed by atoms with Crippen LogP contribution in [0.25, 0.3) is 0 Å². The van der Waals surface area contributed by atoms with Crippen LogP contribution in [0, 0.1) is 0 Å². The Kier molecular flexibility index (Phi) is 7.81. The number of hydrogen-bond donors (Lipinski definition) is 2. The summed E-state index contributed by atoms with van der Waals surface area (Å²) in [6.07, 6.45) is 6.43. The van der Waals surface area contributed by atoms with E-state index in [1.54, 1.807) is 49.4 Å². The summed E-state index contributed by atoms with van der Waals surface area (Å²) in [7, 11) is 0. The fourth-order valence-corrected chi connectivity index (χ4v) is 3.27. The van der Waals surface area contributed by atoms with Crippen LogP contribution in [0.5, 0.6) is 5.75 Å². The zero-order valence-electron chi connectivity index (χ0n) is 17.5. The Bertz CT molecular complexity index is 941. The molecule has 0 aliphatic heterocycles. The molecule has 7 heteroatoms. The molecule has 0 bridgehead atoms. The molecule has 0 saturated heterocycles. The lowest BCUT2D eigenvalue weighted by atomic mass is 9.94. The van der Waals surface area contributed by atoms with E-state index in [1.807, 2.05) is 0 Å². The van der Waals surface area contributed by atoms with Crippen LogP contribution < -0.4 is 15.4 Å². The summed E-state index contributed by atoms with van der Waals surface area (Å²) >= 11 is 0. The molecular weight excluding hydrogens is 396 g/mol. The second-order valence-corrected chi connectivity index (χ2v) is 7.19. The van der Waals surface area contributed by atoms with E-state index < -0.39 is 6.16 Å². The minimum absolute atomic E-state index is 0.126. The average molecular weight is 422 g/mol. The predicted molar refractivity (Wildman–Crippen MR) is 118 cm³/mol. The normalized spacial score (nSPS) is 13.1. The van der Waals surface area contributed by atoms with E-state index >= 15 is 0 Å². The van der Waals surface area contributed by atoms with Crippen LogP contribution in [-0.4, -0.2) is 24.6 Å². The van der Waals surface area contributed by atoms with Crippen molar-refractivity contribution in [2.24, 2.45) is 0 Å². The van der Waals surface area contributed by atoms with Gasteiger partial charge in [-0.25, -0.2) is 4.79 Å². The van der Waals surface area contributed by atoms with E-state index in [1.165, 1.54) is 24.1 Å². The van der Waals surface area contributed by atoms with Gasteiger partial charge in [-0.05, 0) is 81.1 Å². The van der Waals surface area contributed by atoms with Crippen LogP contribution >= 0.6 is 0 Å². The Hall–Kier alpha value is -3.61. The minimum atomic E-state index is -0.790. The van der Waals surface area contributed by atoms with Gasteiger partial charge in [-0.3, -0.25) is 9.59 Å². The monoisotopic (exact) mass is 422 g/mol. The van der Waals surface area contributed by atoms with Crippen molar-refractivity contribution < 1.29 is 23.9 Å². The number of benzene rings is 2. The molecule has 0 aromatic heterocycles. The van der Waals surface area contributed by atoms with Crippen LogP contribution in [0.15, 0.2) is 60.2 Å². The van der Waals surface area contributed by atoms with E-state index in [0.29, 0.717) is 22.7 Å². The molecule has 1 aliphatic rings. The third-order valence-electron chi connectivity index (χ3n) is 4.82. The number of anilines is 2. The highest BCUT2D eigenvalue weighted by Gasteiger charge is 2.10. The van der Waals surface area contributed by atoms with Gasteiger partial charge in [0.05, 0.1) is 6.61 Å². The first-order chi connectivity index (χ1) is 15.0. The molecule has 31 heavy (non-hydrogen) atoms. The summed E-state index contributed by atoms with van der Waals surface area (Å²) in [4.78, 5) is 35.9. The summed E-state index contributed by atoms with van der Waals surface area (Å²) in [6, 6.07) is 13.1. The molecule has 162 valence electrons. The van der Waals surface area contributed by atoms with Crippen molar-refractivity contribution in [2.75, 3.05) is 17.2 Å². The predicted octanol–water partition coefficient (Wildman–Crippen LogP) is 5.30. The first-order valence-electron chi connectivity index (χ1n) is 10.4.